The minimum Gasteiger partial charge on any atom is -0.859 e. The lowest BCUT2D eigenvalue weighted by molar-refractivity contribution is -0.220. The molecule has 3 aromatic rings. The first-order valence-corrected chi connectivity index (χ1v) is 10.5. The van der Waals surface area contributed by atoms with Gasteiger partial charge >= 0.3 is 0 Å². The molecule has 7 nitrogen and oxygen atoms in total. The first-order valence-electron chi connectivity index (χ1n) is 9.05. The molecule has 0 aliphatic heterocycles. The van der Waals surface area contributed by atoms with Gasteiger partial charge in [-0.25, -0.2) is 5.10 Å². The molecule has 29 heavy (non-hydrogen) atoms. The molecule has 3 N–H and O–H groups in total. The van der Waals surface area contributed by atoms with Crippen LogP contribution in [0.4, 0.5) is 5.69 Å². The standard InChI is InChI=1S/C21H23N3O4S/c1-15-6-10-19(11-7-15)29(26,27)28-13-12-20(21(25)24-22)23-18-9-8-16-4-2-3-5-17(16)14-18/h2-11,14,20,23H,12-13,22H2,1H3,(H,24,25)/p-1. The fraction of sp³-hybridized carbons (Fsp3) is 0.190. The molecule has 0 spiro atoms. The monoisotopic (exact) mass is 412 g/mol. The second-order valence-corrected chi connectivity index (χ2v) is 8.22. The average Bonchev–Trinajstić information content (AvgIpc) is 2.72. The molecule has 0 aliphatic carbocycles. The zero-order chi connectivity index (χ0) is 20.9. The molecule has 8 heteroatoms. The van der Waals surface area contributed by atoms with Gasteiger partial charge in [-0.05, 0) is 48.4 Å². The van der Waals surface area contributed by atoms with E-state index in [9.17, 15) is 13.5 Å². The molecule has 0 saturated heterocycles. The van der Waals surface area contributed by atoms with Crippen LogP contribution in [0.25, 0.3) is 10.8 Å². The van der Waals surface area contributed by atoms with Crippen molar-refractivity contribution >= 4 is 32.5 Å². The second kappa shape index (κ2) is 8.93. The van der Waals surface area contributed by atoms with E-state index in [4.69, 9.17) is 10.0 Å². The second-order valence-electron chi connectivity index (χ2n) is 6.60. The molecule has 3 aromatic carbocycles. The average molecular weight is 412 g/mol. The number of nitrogens with one attached hydrogen (secondary N) is 1. The molecular formula is C21H22N3O4S-. The van der Waals surface area contributed by atoms with Crippen molar-refractivity contribution in [3.63, 3.8) is 0 Å². The maximum absolute atomic E-state index is 12.3. The lowest BCUT2D eigenvalue weighted by Crippen LogP contribution is -2.40. The fourth-order valence-electron chi connectivity index (χ4n) is 2.88. The van der Waals surface area contributed by atoms with Crippen molar-refractivity contribution in [2.75, 3.05) is 11.9 Å². The number of aryl methyl sites for hydroxylation is 1. The summed E-state index contributed by atoms with van der Waals surface area (Å²) in [7, 11) is -3.91. The lowest BCUT2D eigenvalue weighted by atomic mass is 10.1. The fourth-order valence-corrected chi connectivity index (χ4v) is 3.80. The molecule has 3 rings (SSSR count). The highest BCUT2D eigenvalue weighted by Gasteiger charge is 2.17. The molecule has 0 aromatic heterocycles. The number of benzene rings is 3. The molecule has 1 atom stereocenters. The topological polar surface area (TPSA) is 117 Å². The minimum atomic E-state index is -3.91. The molecule has 0 fully saturated rings. The van der Waals surface area contributed by atoms with Crippen molar-refractivity contribution in [3.8, 4) is 0 Å². The lowest BCUT2D eigenvalue weighted by Gasteiger charge is -2.24. The van der Waals surface area contributed by atoms with E-state index in [2.05, 4.69) is 10.4 Å². The van der Waals surface area contributed by atoms with Crippen LogP contribution >= 0.6 is 0 Å². The summed E-state index contributed by atoms with van der Waals surface area (Å²) in [6, 6.07) is 19.0. The Labute approximate surface area is 169 Å². The zero-order valence-electron chi connectivity index (χ0n) is 15.9. The van der Waals surface area contributed by atoms with Gasteiger partial charge in [0.15, 0.2) is 0 Å². The molecule has 0 saturated carbocycles. The molecule has 0 radical (unpaired) electrons. The van der Waals surface area contributed by atoms with E-state index in [1.165, 1.54) is 12.1 Å². The molecule has 152 valence electrons. The molecule has 0 bridgehead atoms. The van der Waals surface area contributed by atoms with Crippen LogP contribution in [0.2, 0.25) is 0 Å². The summed E-state index contributed by atoms with van der Waals surface area (Å²) in [5, 5.41) is 20.4. The van der Waals surface area contributed by atoms with E-state index >= 15 is 0 Å². The quantitative estimate of drug-likeness (QED) is 0.193. The summed E-state index contributed by atoms with van der Waals surface area (Å²) in [6.45, 7) is 1.67. The number of fused-ring (bicyclic) bond motifs is 1. The van der Waals surface area contributed by atoms with Crippen molar-refractivity contribution in [2.24, 2.45) is 10.9 Å². The number of nitrogens with two attached hydrogens (primary N) is 1. The highest BCUT2D eigenvalue weighted by atomic mass is 32.2. The number of hydrogen-bond donors (Lipinski definition) is 2. The summed E-state index contributed by atoms with van der Waals surface area (Å²) in [5.74, 6) is 4.57. The van der Waals surface area contributed by atoms with Gasteiger partial charge < -0.3 is 16.3 Å². The van der Waals surface area contributed by atoms with Crippen LogP contribution < -0.4 is 16.3 Å². The van der Waals surface area contributed by atoms with Gasteiger partial charge in [0, 0.05) is 11.6 Å². The Morgan fingerprint density at radius 3 is 2.48 bits per heavy atom. The zero-order valence-corrected chi connectivity index (χ0v) is 16.7. The summed E-state index contributed by atoms with van der Waals surface area (Å²) in [5.41, 5.74) is 1.64. The normalized spacial score (nSPS) is 13.3. The van der Waals surface area contributed by atoms with Crippen molar-refractivity contribution in [1.29, 1.82) is 0 Å². The highest BCUT2D eigenvalue weighted by Crippen LogP contribution is 2.20. The van der Waals surface area contributed by atoms with E-state index in [0.717, 1.165) is 16.3 Å². The van der Waals surface area contributed by atoms with Crippen LogP contribution in [0.1, 0.15) is 12.0 Å². The number of hydrogen-bond acceptors (Lipinski definition) is 7. The van der Waals surface area contributed by atoms with Crippen LogP contribution in [0.15, 0.2) is 76.7 Å². The van der Waals surface area contributed by atoms with Gasteiger partial charge in [-0.2, -0.15) is 8.42 Å². The third-order valence-electron chi connectivity index (χ3n) is 4.47. The van der Waals surface area contributed by atoms with E-state index in [1.807, 2.05) is 49.4 Å². The highest BCUT2D eigenvalue weighted by molar-refractivity contribution is 7.86. The molecule has 0 heterocycles. The largest absolute Gasteiger partial charge is 0.859 e. The molecule has 0 amide bonds. The van der Waals surface area contributed by atoms with Gasteiger partial charge in [-0.15, -0.1) is 0 Å². The Hall–Kier alpha value is -3.10. The smallest absolute Gasteiger partial charge is 0.296 e. The van der Waals surface area contributed by atoms with Crippen molar-refractivity contribution in [2.45, 2.75) is 24.3 Å². The molecule has 1 unspecified atom stereocenters. The minimum absolute atomic E-state index is 0.0666. The first kappa shape index (κ1) is 20.6. The predicted molar refractivity (Wildman–Crippen MR) is 112 cm³/mol. The number of rotatable bonds is 8. The van der Waals surface area contributed by atoms with Gasteiger partial charge in [-0.1, -0.05) is 48.0 Å². The van der Waals surface area contributed by atoms with E-state index < -0.39 is 22.1 Å². The Bertz CT molecular complexity index is 1110. The third-order valence-corrected chi connectivity index (χ3v) is 5.80. The summed E-state index contributed by atoms with van der Waals surface area (Å²) in [6.07, 6.45) is 0.0808. The van der Waals surface area contributed by atoms with Crippen molar-refractivity contribution < 1.29 is 17.7 Å². The van der Waals surface area contributed by atoms with Gasteiger partial charge in [0.1, 0.15) is 0 Å². The summed E-state index contributed by atoms with van der Waals surface area (Å²) in [4.78, 5) is 0.0666. The third kappa shape index (κ3) is 5.24. The predicted octanol–water partition coefficient (Wildman–Crippen LogP) is 2.36. The van der Waals surface area contributed by atoms with E-state index in [-0.39, 0.29) is 17.9 Å². The van der Waals surface area contributed by atoms with Crippen LogP contribution in [0, 0.1) is 6.92 Å². The number of nitrogens with zero attached hydrogens (tertiary/aromatic N) is 1. The number of hydrazone groups is 1. The van der Waals surface area contributed by atoms with Crippen LogP contribution in [-0.2, 0) is 14.3 Å². The summed E-state index contributed by atoms with van der Waals surface area (Å²) >= 11 is 0. The maximum Gasteiger partial charge on any atom is 0.296 e. The van der Waals surface area contributed by atoms with Crippen molar-refractivity contribution in [1.82, 2.24) is 0 Å². The Morgan fingerprint density at radius 2 is 1.79 bits per heavy atom. The van der Waals surface area contributed by atoms with Crippen molar-refractivity contribution in [3.05, 3.63) is 72.3 Å². The molecule has 0 aliphatic rings. The van der Waals surface area contributed by atoms with Gasteiger partial charge in [0.25, 0.3) is 10.1 Å². The van der Waals surface area contributed by atoms with Crippen LogP contribution in [-0.4, -0.2) is 27.0 Å². The van der Waals surface area contributed by atoms with Gasteiger partial charge in [0.05, 0.1) is 17.5 Å². The summed E-state index contributed by atoms with van der Waals surface area (Å²) < 4.78 is 29.7. The van der Waals surface area contributed by atoms with E-state index in [1.54, 1.807) is 12.1 Å². The van der Waals surface area contributed by atoms with Crippen LogP contribution in [0.5, 0.6) is 0 Å². The van der Waals surface area contributed by atoms with E-state index in [0.29, 0.717) is 5.69 Å². The Kier molecular flexibility index (Phi) is 6.36. The SMILES string of the molecule is Cc1ccc(S(=O)(=O)OCCC(Nc2ccc3ccccc3c2)/C([O-])=N/N)cc1. The number of anilines is 1. The van der Waals surface area contributed by atoms with Gasteiger partial charge in [0.2, 0.25) is 0 Å². The Morgan fingerprint density at radius 1 is 1.10 bits per heavy atom. The molecular weight excluding hydrogens is 390 g/mol. The Balaban J connectivity index is 1.68. The van der Waals surface area contributed by atoms with Crippen LogP contribution in [0.3, 0.4) is 0 Å². The first-order chi connectivity index (χ1) is 13.9. The van der Waals surface area contributed by atoms with Gasteiger partial charge in [-0.3, -0.25) is 4.18 Å². The maximum atomic E-state index is 12.3.